The van der Waals surface area contributed by atoms with Crippen LogP contribution in [0.25, 0.3) is 0 Å². The molecule has 0 saturated carbocycles. The van der Waals surface area contributed by atoms with E-state index in [1.807, 2.05) is 6.07 Å². The van der Waals surface area contributed by atoms with Gasteiger partial charge in [-0.2, -0.15) is 23.7 Å². The molecule has 1 aliphatic rings. The van der Waals surface area contributed by atoms with Gasteiger partial charge in [0.25, 0.3) is 0 Å². The van der Waals surface area contributed by atoms with Gasteiger partial charge in [-0.3, -0.25) is 4.90 Å². The molecule has 2 amide bonds. The molecule has 34 heavy (non-hydrogen) atoms. The van der Waals surface area contributed by atoms with E-state index in [-0.39, 0.29) is 27.4 Å². The summed E-state index contributed by atoms with van der Waals surface area (Å²) in [6, 6.07) is 11.2. The second-order valence-electron chi connectivity index (χ2n) is 7.72. The quantitative estimate of drug-likeness (QED) is 0.632. The van der Waals surface area contributed by atoms with E-state index in [0.717, 1.165) is 17.0 Å². The van der Waals surface area contributed by atoms with Crippen LogP contribution in [0.15, 0.2) is 58.6 Å². The maximum Gasteiger partial charge on any atom is 0.416 e. The van der Waals surface area contributed by atoms with Gasteiger partial charge >= 0.3 is 12.2 Å². The minimum atomic E-state index is -4.60. The Morgan fingerprint density at radius 1 is 1.09 bits per heavy atom. The number of likely N-dealkylation sites (N-methyl/N-ethyl adjacent to an activating group) is 1. The average molecular weight is 488 g/mol. The highest BCUT2D eigenvalue weighted by Gasteiger charge is 2.40. The summed E-state index contributed by atoms with van der Waals surface area (Å²) in [5.74, 6) is 0. The van der Waals surface area contributed by atoms with Gasteiger partial charge in [-0.1, -0.05) is 12.1 Å². The Morgan fingerprint density at radius 3 is 2.32 bits per heavy atom. The molecule has 0 spiro atoms. The molecule has 176 valence electrons. The third-order valence-corrected chi connectivity index (χ3v) is 6.78. The number of carbonyl (C=O) groups is 1. The predicted octanol–water partition coefficient (Wildman–Crippen LogP) is 4.57. The molecule has 0 radical (unpaired) electrons. The topological polar surface area (TPSA) is 91.4 Å². The molecule has 0 saturated heterocycles. The molecule has 0 bridgehead atoms. The van der Waals surface area contributed by atoms with Crippen molar-refractivity contribution in [3.63, 3.8) is 0 Å². The first-order valence-corrected chi connectivity index (χ1v) is 11.0. The Hall–Kier alpha value is -3.67. The zero-order valence-electron chi connectivity index (χ0n) is 18.7. The van der Waals surface area contributed by atoms with Gasteiger partial charge in [-0.15, -0.1) is 0 Å². The molecule has 3 rings (SSSR count). The van der Waals surface area contributed by atoms with E-state index >= 15 is 0 Å². The van der Waals surface area contributed by atoms with Crippen LogP contribution in [-0.4, -0.2) is 40.6 Å². The van der Waals surface area contributed by atoms with Gasteiger partial charge in [0.1, 0.15) is 11.0 Å². The minimum Gasteiger partial charge on any atom is -0.315 e. The molecule has 11 heteroatoms. The highest BCUT2D eigenvalue weighted by atomic mass is 32.2. The van der Waals surface area contributed by atoms with E-state index in [1.54, 1.807) is 14.1 Å². The summed E-state index contributed by atoms with van der Waals surface area (Å²) in [7, 11) is 2.88. The van der Waals surface area contributed by atoms with Crippen LogP contribution >= 0.6 is 0 Å². The third kappa shape index (κ3) is 4.40. The second-order valence-corrected chi connectivity index (χ2v) is 9.38. The smallest absolute Gasteiger partial charge is 0.315 e. The molecule has 0 N–H and O–H groups in total. The molecule has 0 aliphatic carbocycles. The van der Waals surface area contributed by atoms with E-state index in [1.165, 1.54) is 53.5 Å². The van der Waals surface area contributed by atoms with Gasteiger partial charge < -0.3 is 4.90 Å². The van der Waals surface area contributed by atoms with Crippen molar-refractivity contribution in [3.8, 4) is 12.1 Å². The van der Waals surface area contributed by atoms with Crippen molar-refractivity contribution in [1.29, 1.82) is 10.5 Å². The number of nitriles is 2. The number of benzene rings is 2. The lowest BCUT2D eigenvalue weighted by atomic mass is 9.93. The van der Waals surface area contributed by atoms with Crippen LogP contribution in [0.1, 0.15) is 29.7 Å². The first-order chi connectivity index (χ1) is 15.9. The first kappa shape index (κ1) is 25.0. The zero-order valence-corrected chi connectivity index (χ0v) is 19.5. The van der Waals surface area contributed by atoms with Crippen LogP contribution in [0.4, 0.5) is 23.7 Å². The molecule has 2 aromatic rings. The van der Waals surface area contributed by atoms with Crippen molar-refractivity contribution < 1.29 is 22.2 Å². The summed E-state index contributed by atoms with van der Waals surface area (Å²) < 4.78 is 54.1. The number of anilines is 1. The fraction of sp³-hybridized carbons (Fsp3) is 0.261. The fourth-order valence-corrected chi connectivity index (χ4v) is 4.74. The van der Waals surface area contributed by atoms with Gasteiger partial charge in [-0.25, -0.2) is 13.3 Å². The lowest BCUT2D eigenvalue weighted by Crippen LogP contribution is -2.47. The Bertz CT molecular complexity index is 1290. The molecule has 2 aromatic carbocycles. The van der Waals surface area contributed by atoms with Gasteiger partial charge in [0, 0.05) is 12.7 Å². The monoisotopic (exact) mass is 487 g/mol. The fourth-order valence-electron chi connectivity index (χ4n) is 3.73. The largest absolute Gasteiger partial charge is 0.416 e. The minimum absolute atomic E-state index is 0.0349. The van der Waals surface area contributed by atoms with Gasteiger partial charge in [0.2, 0.25) is 0 Å². The zero-order chi connectivity index (χ0) is 25.4. The molecule has 7 nitrogen and oxygen atoms in total. The van der Waals surface area contributed by atoms with Crippen molar-refractivity contribution in [2.45, 2.75) is 24.0 Å². The first-order valence-electron chi connectivity index (χ1n) is 9.90. The Kier molecular flexibility index (Phi) is 6.82. The van der Waals surface area contributed by atoms with E-state index < -0.39 is 34.8 Å². The molecule has 1 unspecified atom stereocenters. The molecule has 1 aliphatic heterocycles. The number of urea groups is 1. The van der Waals surface area contributed by atoms with Gasteiger partial charge in [-0.05, 0) is 56.9 Å². The number of allylic oxidation sites excluding steroid dienone is 1. The summed E-state index contributed by atoms with van der Waals surface area (Å²) in [6.45, 7) is 1.48. The van der Waals surface area contributed by atoms with Crippen LogP contribution in [-0.2, 0) is 17.2 Å². The van der Waals surface area contributed by atoms with Crippen LogP contribution in [0.3, 0.4) is 0 Å². The van der Waals surface area contributed by atoms with Crippen molar-refractivity contribution >= 4 is 22.7 Å². The van der Waals surface area contributed by atoms with Gasteiger partial charge in [0.15, 0.2) is 0 Å². The highest BCUT2D eigenvalue weighted by Crippen LogP contribution is 2.41. The van der Waals surface area contributed by atoms with Crippen molar-refractivity contribution in [3.05, 3.63) is 70.4 Å². The number of halogens is 3. The normalized spacial score (nSPS) is 17.6. The second kappa shape index (κ2) is 9.29. The number of carbonyl (C=O) groups excluding carboxylic acids is 1. The van der Waals surface area contributed by atoms with Crippen molar-refractivity contribution in [1.82, 2.24) is 9.21 Å². The number of amides is 2. The SMILES string of the molecule is CC1=C(C#N)[C@@H](c2ccc(C#N)cc2S(=O)N(C)C)N(C)C(=O)N1c1cccc(C(F)(F)F)c1. The number of nitrogens with zero attached hydrogens (tertiary/aromatic N) is 5. The maximum absolute atomic E-state index is 13.4. The summed E-state index contributed by atoms with van der Waals surface area (Å²) in [5, 5.41) is 19.3. The average Bonchev–Trinajstić information content (AvgIpc) is 2.80. The number of alkyl halides is 3. The lowest BCUT2D eigenvalue weighted by molar-refractivity contribution is -0.137. The van der Waals surface area contributed by atoms with Crippen LogP contribution in [0.5, 0.6) is 0 Å². The van der Waals surface area contributed by atoms with Crippen LogP contribution in [0.2, 0.25) is 0 Å². The van der Waals surface area contributed by atoms with E-state index in [0.29, 0.717) is 5.56 Å². The van der Waals surface area contributed by atoms with Crippen LogP contribution < -0.4 is 4.90 Å². The Morgan fingerprint density at radius 2 is 1.76 bits per heavy atom. The van der Waals surface area contributed by atoms with Crippen molar-refractivity contribution in [2.75, 3.05) is 26.0 Å². The Labute approximate surface area is 197 Å². The number of hydrogen-bond acceptors (Lipinski definition) is 4. The highest BCUT2D eigenvalue weighted by molar-refractivity contribution is 7.82. The maximum atomic E-state index is 13.4. The number of rotatable bonds is 4. The molecule has 0 aromatic heterocycles. The van der Waals surface area contributed by atoms with E-state index in [9.17, 15) is 32.7 Å². The molecule has 1 heterocycles. The number of hydrogen-bond donors (Lipinski definition) is 0. The molecular formula is C23H20F3N5O2S. The molecular weight excluding hydrogens is 467 g/mol. The van der Waals surface area contributed by atoms with Crippen LogP contribution in [0, 0.1) is 22.7 Å². The van der Waals surface area contributed by atoms with Gasteiger partial charge in [0.05, 0.1) is 45.5 Å². The molecule has 0 fully saturated rings. The lowest BCUT2D eigenvalue weighted by Gasteiger charge is -2.40. The predicted molar refractivity (Wildman–Crippen MR) is 119 cm³/mol. The summed E-state index contributed by atoms with van der Waals surface area (Å²) in [6.07, 6.45) is -4.60. The van der Waals surface area contributed by atoms with E-state index in [2.05, 4.69) is 6.07 Å². The standard InChI is InChI=1S/C23H20F3N5O2S/c1-14-19(13-28)21(18-9-8-15(12-27)10-20(18)34(33)29(2)3)30(4)22(32)31(14)17-7-5-6-16(11-17)23(24,25)26/h5-11,21H,1-4H3/t21-,34?/m1/s1. The summed E-state index contributed by atoms with van der Waals surface area (Å²) in [5.41, 5.74) is -0.0796. The third-order valence-electron chi connectivity index (χ3n) is 5.39. The van der Waals surface area contributed by atoms with E-state index in [4.69, 9.17) is 0 Å². The molecule has 2 atom stereocenters. The Balaban J connectivity index is 2.23. The summed E-state index contributed by atoms with van der Waals surface area (Å²) >= 11 is 0. The summed E-state index contributed by atoms with van der Waals surface area (Å²) in [4.78, 5) is 15.9. The van der Waals surface area contributed by atoms with Crippen molar-refractivity contribution in [2.24, 2.45) is 0 Å².